The van der Waals surface area contributed by atoms with Gasteiger partial charge in [-0.05, 0) is 31.5 Å². The first-order chi connectivity index (χ1) is 13.0. The number of unbranched alkanes of at least 4 members (excludes halogenated alkanes) is 2. The molecule has 0 aliphatic carbocycles. The fraction of sp³-hybridized carbons (Fsp3) is 0.368. The van der Waals surface area contributed by atoms with Crippen molar-refractivity contribution in [1.82, 2.24) is 0 Å². The molecular weight excluding hydrogens is 348 g/mol. The number of phenolic OH excluding ortho intramolecular Hbond substituents is 2. The lowest BCUT2D eigenvalue weighted by molar-refractivity contribution is -0.384. The third kappa shape index (κ3) is 5.40. The van der Waals surface area contributed by atoms with Crippen molar-refractivity contribution in [3.05, 3.63) is 46.5 Å². The summed E-state index contributed by atoms with van der Waals surface area (Å²) in [5.74, 6) is -0.274. The van der Waals surface area contributed by atoms with Crippen LogP contribution in [0.2, 0.25) is 0 Å². The van der Waals surface area contributed by atoms with Gasteiger partial charge in [-0.15, -0.1) is 10.2 Å². The number of anilines is 1. The number of aromatic hydroxyl groups is 2. The van der Waals surface area contributed by atoms with E-state index in [4.69, 9.17) is 0 Å². The smallest absolute Gasteiger partial charge is 0.271 e. The van der Waals surface area contributed by atoms with E-state index in [1.165, 1.54) is 12.1 Å². The van der Waals surface area contributed by atoms with Crippen LogP contribution in [0.4, 0.5) is 22.7 Å². The minimum Gasteiger partial charge on any atom is -0.506 e. The molecule has 2 rings (SSSR count). The highest BCUT2D eigenvalue weighted by Crippen LogP contribution is 2.35. The van der Waals surface area contributed by atoms with Crippen molar-refractivity contribution < 1.29 is 15.1 Å². The average Bonchev–Trinajstić information content (AvgIpc) is 2.65. The number of benzene rings is 2. The SMILES string of the molecule is CCCCCN(CC)c1ccc(N=Nc2cc([N+](=O)[O-])ccc2O)c(O)c1. The Morgan fingerprint density at radius 1 is 1.00 bits per heavy atom. The second kappa shape index (κ2) is 9.51. The van der Waals surface area contributed by atoms with Gasteiger partial charge in [0.05, 0.1) is 4.92 Å². The van der Waals surface area contributed by atoms with E-state index in [-0.39, 0.29) is 28.6 Å². The Labute approximate surface area is 157 Å². The molecule has 0 atom stereocenters. The molecule has 0 amide bonds. The van der Waals surface area contributed by atoms with Crippen LogP contribution < -0.4 is 4.90 Å². The quantitative estimate of drug-likeness (QED) is 0.263. The molecule has 0 spiro atoms. The van der Waals surface area contributed by atoms with Crippen LogP contribution in [-0.2, 0) is 0 Å². The molecule has 27 heavy (non-hydrogen) atoms. The van der Waals surface area contributed by atoms with Crippen LogP contribution in [0.15, 0.2) is 46.6 Å². The molecule has 0 heterocycles. The van der Waals surface area contributed by atoms with Crippen molar-refractivity contribution in [3.8, 4) is 11.5 Å². The number of nitro groups is 1. The third-order valence-corrected chi connectivity index (χ3v) is 4.17. The first-order valence-electron chi connectivity index (χ1n) is 8.93. The van der Waals surface area contributed by atoms with Crippen molar-refractivity contribution in [2.24, 2.45) is 10.2 Å². The van der Waals surface area contributed by atoms with Crippen LogP contribution in [0, 0.1) is 10.1 Å². The first-order valence-corrected chi connectivity index (χ1v) is 8.93. The molecule has 144 valence electrons. The van der Waals surface area contributed by atoms with Gasteiger partial charge in [-0.3, -0.25) is 10.1 Å². The molecule has 2 N–H and O–H groups in total. The molecule has 2 aromatic rings. The average molecular weight is 372 g/mol. The number of phenols is 2. The summed E-state index contributed by atoms with van der Waals surface area (Å²) in [5.41, 5.74) is 0.868. The highest BCUT2D eigenvalue weighted by atomic mass is 16.6. The predicted molar refractivity (Wildman–Crippen MR) is 104 cm³/mol. The Hall–Kier alpha value is -3.16. The molecule has 0 bridgehead atoms. The molecule has 8 nitrogen and oxygen atoms in total. The molecular formula is C19H24N4O4. The lowest BCUT2D eigenvalue weighted by Crippen LogP contribution is -2.23. The molecule has 0 radical (unpaired) electrons. The van der Waals surface area contributed by atoms with Gasteiger partial charge in [-0.2, -0.15) is 0 Å². The summed E-state index contributed by atoms with van der Waals surface area (Å²) in [5, 5.41) is 38.6. The largest absolute Gasteiger partial charge is 0.506 e. The van der Waals surface area contributed by atoms with Crippen molar-refractivity contribution in [3.63, 3.8) is 0 Å². The van der Waals surface area contributed by atoms with Gasteiger partial charge < -0.3 is 15.1 Å². The van der Waals surface area contributed by atoms with E-state index in [9.17, 15) is 20.3 Å². The minimum absolute atomic E-state index is 0.0394. The van der Waals surface area contributed by atoms with Gasteiger partial charge in [-0.25, -0.2) is 0 Å². The normalized spacial score (nSPS) is 11.0. The molecule has 0 aliphatic heterocycles. The monoisotopic (exact) mass is 372 g/mol. The minimum atomic E-state index is -0.581. The number of nitro benzene ring substituents is 1. The fourth-order valence-electron chi connectivity index (χ4n) is 2.63. The fourth-order valence-corrected chi connectivity index (χ4v) is 2.63. The lowest BCUT2D eigenvalue weighted by atomic mass is 10.2. The van der Waals surface area contributed by atoms with Crippen LogP contribution in [0.25, 0.3) is 0 Å². The Morgan fingerprint density at radius 2 is 1.74 bits per heavy atom. The molecule has 8 heteroatoms. The summed E-state index contributed by atoms with van der Waals surface area (Å²) in [6, 6.07) is 8.58. The van der Waals surface area contributed by atoms with Crippen molar-refractivity contribution in [2.45, 2.75) is 33.1 Å². The zero-order valence-electron chi connectivity index (χ0n) is 15.5. The molecule has 0 unspecified atom stereocenters. The van der Waals surface area contributed by atoms with E-state index in [1.54, 1.807) is 12.1 Å². The van der Waals surface area contributed by atoms with Crippen LogP contribution >= 0.6 is 0 Å². The molecule has 2 aromatic carbocycles. The summed E-state index contributed by atoms with van der Waals surface area (Å²) in [6.45, 7) is 5.94. The first kappa shape index (κ1) is 20.2. The Morgan fingerprint density at radius 3 is 2.37 bits per heavy atom. The highest BCUT2D eigenvalue weighted by Gasteiger charge is 2.11. The van der Waals surface area contributed by atoms with Gasteiger partial charge in [-0.1, -0.05) is 19.8 Å². The maximum Gasteiger partial charge on any atom is 0.271 e. The van der Waals surface area contributed by atoms with E-state index in [2.05, 4.69) is 29.0 Å². The van der Waals surface area contributed by atoms with E-state index in [0.717, 1.165) is 44.1 Å². The number of hydrogen-bond acceptors (Lipinski definition) is 7. The number of non-ortho nitro benzene ring substituents is 1. The standard InChI is InChI=1S/C19H24N4O4/c1-3-5-6-11-22(4-2)14-7-9-16(19(25)13-14)20-21-17-12-15(23(26)27)8-10-18(17)24/h7-10,12-13,24-25H,3-6,11H2,1-2H3. The van der Waals surface area contributed by atoms with Gasteiger partial charge >= 0.3 is 0 Å². The van der Waals surface area contributed by atoms with Crippen molar-refractivity contribution >= 4 is 22.7 Å². The number of rotatable bonds is 9. The van der Waals surface area contributed by atoms with Crippen LogP contribution in [0.5, 0.6) is 11.5 Å². The van der Waals surface area contributed by atoms with Gasteiger partial charge in [0.2, 0.25) is 0 Å². The van der Waals surface area contributed by atoms with Crippen LogP contribution in [-0.4, -0.2) is 28.2 Å². The summed E-state index contributed by atoms with van der Waals surface area (Å²) in [7, 11) is 0. The summed E-state index contributed by atoms with van der Waals surface area (Å²) >= 11 is 0. The van der Waals surface area contributed by atoms with E-state index in [0.29, 0.717) is 0 Å². The summed E-state index contributed by atoms with van der Waals surface area (Å²) in [4.78, 5) is 12.4. The Bertz CT molecular complexity index is 823. The van der Waals surface area contributed by atoms with Gasteiger partial charge in [0.25, 0.3) is 5.69 Å². The zero-order valence-corrected chi connectivity index (χ0v) is 15.5. The number of nitrogens with zero attached hydrogens (tertiary/aromatic N) is 4. The van der Waals surface area contributed by atoms with Crippen LogP contribution in [0.1, 0.15) is 33.1 Å². The molecule has 0 saturated heterocycles. The molecule has 0 fully saturated rings. The van der Waals surface area contributed by atoms with E-state index < -0.39 is 4.92 Å². The molecule has 0 saturated carbocycles. The zero-order chi connectivity index (χ0) is 19.8. The van der Waals surface area contributed by atoms with E-state index >= 15 is 0 Å². The lowest BCUT2D eigenvalue weighted by Gasteiger charge is -2.23. The van der Waals surface area contributed by atoms with Gasteiger partial charge in [0.1, 0.15) is 22.9 Å². The topological polar surface area (TPSA) is 112 Å². The maximum absolute atomic E-state index is 10.8. The van der Waals surface area contributed by atoms with Gasteiger partial charge in [0.15, 0.2) is 0 Å². The molecule has 0 aromatic heterocycles. The highest BCUT2D eigenvalue weighted by molar-refractivity contribution is 5.62. The van der Waals surface area contributed by atoms with Crippen LogP contribution in [0.3, 0.4) is 0 Å². The second-order valence-electron chi connectivity index (χ2n) is 6.09. The number of azo groups is 1. The Balaban J connectivity index is 2.19. The second-order valence-corrected chi connectivity index (χ2v) is 6.09. The Kier molecular flexibility index (Phi) is 7.10. The van der Waals surface area contributed by atoms with Gasteiger partial charge in [0, 0.05) is 37.0 Å². The van der Waals surface area contributed by atoms with Crippen molar-refractivity contribution in [1.29, 1.82) is 0 Å². The van der Waals surface area contributed by atoms with E-state index in [1.807, 2.05) is 6.07 Å². The van der Waals surface area contributed by atoms with Crippen molar-refractivity contribution in [2.75, 3.05) is 18.0 Å². The summed E-state index contributed by atoms with van der Waals surface area (Å²) in [6.07, 6.45) is 3.38. The third-order valence-electron chi connectivity index (χ3n) is 4.17. The summed E-state index contributed by atoms with van der Waals surface area (Å²) < 4.78 is 0. The number of hydrogen-bond donors (Lipinski definition) is 2. The maximum atomic E-state index is 10.8. The molecule has 0 aliphatic rings. The predicted octanol–water partition coefficient (Wildman–Crippen LogP) is 5.44.